The number of hydrogen-bond donors (Lipinski definition) is 1. The molecule has 94 valence electrons. The molecule has 0 atom stereocenters. The van der Waals surface area contributed by atoms with Crippen LogP contribution in [0.15, 0.2) is 39.7 Å². The molecule has 1 aromatic heterocycles. The maximum absolute atomic E-state index is 11.0. The van der Waals surface area contributed by atoms with Crippen molar-refractivity contribution in [1.82, 2.24) is 4.98 Å². The van der Waals surface area contributed by atoms with Gasteiger partial charge in [0, 0.05) is 15.4 Å². The second kappa shape index (κ2) is 5.78. The van der Waals surface area contributed by atoms with E-state index in [0.29, 0.717) is 5.69 Å². The lowest BCUT2D eigenvalue weighted by Crippen LogP contribution is -2.12. The Morgan fingerprint density at radius 2 is 2.32 bits per heavy atom. The molecule has 1 heterocycles. The van der Waals surface area contributed by atoms with Gasteiger partial charge in [-0.05, 0) is 18.2 Å². The van der Waals surface area contributed by atoms with Gasteiger partial charge >= 0.3 is 0 Å². The van der Waals surface area contributed by atoms with E-state index >= 15 is 0 Å². The Labute approximate surface area is 122 Å². The third kappa shape index (κ3) is 3.28. The molecule has 4 nitrogen and oxygen atoms in total. The molecule has 19 heavy (non-hydrogen) atoms. The Balaban J connectivity index is 2.35. The molecule has 0 fully saturated rings. The second-order valence-corrected chi connectivity index (χ2v) is 5.40. The molecule has 0 spiro atoms. The van der Waals surface area contributed by atoms with E-state index in [1.165, 1.54) is 17.4 Å². The summed E-state index contributed by atoms with van der Waals surface area (Å²) in [4.78, 5) is 15.3. The van der Waals surface area contributed by atoms with Crippen molar-refractivity contribution in [3.63, 3.8) is 0 Å². The number of rotatable bonds is 3. The first kappa shape index (κ1) is 13.5. The van der Waals surface area contributed by atoms with Crippen LogP contribution in [0.2, 0.25) is 0 Å². The molecule has 2 aromatic rings. The fraction of sp³-hybridized carbons (Fsp3) is 0. The fourth-order valence-electron chi connectivity index (χ4n) is 1.41. The van der Waals surface area contributed by atoms with Crippen molar-refractivity contribution in [2.24, 2.45) is 5.73 Å². The minimum absolute atomic E-state index is 0.105. The zero-order valence-corrected chi connectivity index (χ0v) is 12.0. The first-order valence-corrected chi connectivity index (χ1v) is 6.90. The van der Waals surface area contributed by atoms with E-state index in [1.54, 1.807) is 11.4 Å². The van der Waals surface area contributed by atoms with Gasteiger partial charge in [-0.15, -0.1) is 11.3 Å². The third-order valence-electron chi connectivity index (χ3n) is 2.27. The number of thiazole rings is 1. The SMILES string of the molecule is N#C/C(=C\c1csc(-c2cccc(Br)c2)n1)C(N)=O. The Hall–Kier alpha value is -1.97. The lowest BCUT2D eigenvalue weighted by Gasteiger charge is -1.96. The number of nitrogens with zero attached hydrogens (tertiary/aromatic N) is 2. The predicted octanol–water partition coefficient (Wildman–Crippen LogP) is 2.96. The molecule has 0 unspecified atom stereocenters. The topological polar surface area (TPSA) is 79.8 Å². The zero-order chi connectivity index (χ0) is 13.8. The van der Waals surface area contributed by atoms with Crippen LogP contribution in [0.25, 0.3) is 16.6 Å². The van der Waals surface area contributed by atoms with Gasteiger partial charge in [0.2, 0.25) is 0 Å². The highest BCUT2D eigenvalue weighted by Gasteiger charge is 2.07. The Morgan fingerprint density at radius 1 is 1.53 bits per heavy atom. The van der Waals surface area contributed by atoms with Crippen molar-refractivity contribution in [3.05, 3.63) is 45.4 Å². The van der Waals surface area contributed by atoms with Crippen LogP contribution in [0.3, 0.4) is 0 Å². The van der Waals surface area contributed by atoms with Crippen molar-refractivity contribution in [3.8, 4) is 16.6 Å². The van der Waals surface area contributed by atoms with Gasteiger partial charge in [0.25, 0.3) is 5.91 Å². The van der Waals surface area contributed by atoms with E-state index in [-0.39, 0.29) is 5.57 Å². The van der Waals surface area contributed by atoms with Gasteiger partial charge in [-0.3, -0.25) is 4.79 Å². The standard InChI is InChI=1S/C13H8BrN3OS/c14-10-3-1-2-8(4-10)13-17-11(7-19-13)5-9(6-15)12(16)18/h1-5,7H,(H2,16,18)/b9-5+. The van der Waals surface area contributed by atoms with Crippen LogP contribution in [0.5, 0.6) is 0 Å². The number of carbonyl (C=O) groups excluding carboxylic acids is 1. The highest BCUT2D eigenvalue weighted by Crippen LogP contribution is 2.26. The maximum atomic E-state index is 11.0. The van der Waals surface area contributed by atoms with Gasteiger partial charge in [0.1, 0.15) is 16.6 Å². The van der Waals surface area contributed by atoms with Crippen molar-refractivity contribution in [1.29, 1.82) is 5.26 Å². The van der Waals surface area contributed by atoms with Gasteiger partial charge in [0.15, 0.2) is 0 Å². The number of aromatic nitrogens is 1. The van der Waals surface area contributed by atoms with E-state index < -0.39 is 5.91 Å². The molecule has 1 aromatic carbocycles. The molecule has 0 radical (unpaired) electrons. The van der Waals surface area contributed by atoms with Crippen molar-refractivity contribution >= 4 is 39.2 Å². The number of carbonyl (C=O) groups is 1. The fourth-order valence-corrected chi connectivity index (χ4v) is 2.59. The Bertz CT molecular complexity index is 700. The van der Waals surface area contributed by atoms with Gasteiger partial charge < -0.3 is 5.73 Å². The molecule has 0 aliphatic carbocycles. The smallest absolute Gasteiger partial charge is 0.259 e. The first-order valence-electron chi connectivity index (χ1n) is 5.23. The van der Waals surface area contributed by atoms with Crippen molar-refractivity contribution in [2.75, 3.05) is 0 Å². The number of nitriles is 1. The summed E-state index contributed by atoms with van der Waals surface area (Å²) in [7, 11) is 0. The van der Waals surface area contributed by atoms with Crippen LogP contribution in [-0.2, 0) is 4.79 Å². The molecule has 2 rings (SSSR count). The number of primary amides is 1. The third-order valence-corrected chi connectivity index (χ3v) is 3.67. The van der Waals surface area contributed by atoms with Crippen LogP contribution >= 0.6 is 27.3 Å². The van der Waals surface area contributed by atoms with Crippen molar-refractivity contribution in [2.45, 2.75) is 0 Å². The molecule has 0 aliphatic rings. The van der Waals surface area contributed by atoms with E-state index in [2.05, 4.69) is 20.9 Å². The summed E-state index contributed by atoms with van der Waals surface area (Å²) in [6, 6.07) is 9.49. The first-order chi connectivity index (χ1) is 9.10. The van der Waals surface area contributed by atoms with Gasteiger partial charge in [-0.2, -0.15) is 5.26 Å². The van der Waals surface area contributed by atoms with E-state index in [1.807, 2.05) is 24.3 Å². The average molecular weight is 334 g/mol. The zero-order valence-electron chi connectivity index (χ0n) is 9.63. The lowest BCUT2D eigenvalue weighted by atomic mass is 10.2. The summed E-state index contributed by atoms with van der Waals surface area (Å²) in [6.07, 6.45) is 1.39. The normalized spacial score (nSPS) is 11.1. The molecular formula is C13H8BrN3OS. The number of halogens is 1. The highest BCUT2D eigenvalue weighted by atomic mass is 79.9. The van der Waals surface area contributed by atoms with Crippen LogP contribution in [0.1, 0.15) is 5.69 Å². The second-order valence-electron chi connectivity index (χ2n) is 3.62. The van der Waals surface area contributed by atoms with Crippen LogP contribution < -0.4 is 5.73 Å². The summed E-state index contributed by atoms with van der Waals surface area (Å²) in [5, 5.41) is 11.4. The van der Waals surface area contributed by atoms with Gasteiger partial charge in [-0.1, -0.05) is 28.1 Å². The summed E-state index contributed by atoms with van der Waals surface area (Å²) in [5.41, 5.74) is 6.49. The monoisotopic (exact) mass is 333 g/mol. The number of benzene rings is 1. The molecule has 0 aliphatic heterocycles. The van der Waals surface area contributed by atoms with E-state index in [0.717, 1.165) is 15.0 Å². The Morgan fingerprint density at radius 3 is 2.95 bits per heavy atom. The number of amides is 1. The van der Waals surface area contributed by atoms with Crippen LogP contribution in [-0.4, -0.2) is 10.9 Å². The van der Waals surface area contributed by atoms with E-state index in [9.17, 15) is 4.79 Å². The quantitative estimate of drug-likeness (QED) is 0.692. The van der Waals surface area contributed by atoms with Gasteiger partial charge in [-0.25, -0.2) is 4.98 Å². The minimum Gasteiger partial charge on any atom is -0.365 e. The molecular weight excluding hydrogens is 326 g/mol. The summed E-state index contributed by atoms with van der Waals surface area (Å²) in [5.74, 6) is -0.750. The van der Waals surface area contributed by atoms with E-state index in [4.69, 9.17) is 11.0 Å². The molecule has 0 bridgehead atoms. The number of hydrogen-bond acceptors (Lipinski definition) is 4. The number of nitrogens with two attached hydrogens (primary N) is 1. The Kier molecular flexibility index (Phi) is 4.10. The highest BCUT2D eigenvalue weighted by molar-refractivity contribution is 9.10. The summed E-state index contributed by atoms with van der Waals surface area (Å²) >= 11 is 4.83. The minimum atomic E-state index is -0.750. The molecule has 2 N–H and O–H groups in total. The molecule has 1 amide bonds. The predicted molar refractivity (Wildman–Crippen MR) is 78.0 cm³/mol. The maximum Gasteiger partial charge on any atom is 0.259 e. The lowest BCUT2D eigenvalue weighted by molar-refractivity contribution is -0.114. The van der Waals surface area contributed by atoms with Gasteiger partial charge in [0.05, 0.1) is 5.69 Å². The average Bonchev–Trinajstić information content (AvgIpc) is 2.84. The summed E-state index contributed by atoms with van der Waals surface area (Å²) < 4.78 is 0.965. The van der Waals surface area contributed by atoms with Crippen molar-refractivity contribution < 1.29 is 4.79 Å². The molecule has 0 saturated carbocycles. The molecule has 0 saturated heterocycles. The van der Waals surface area contributed by atoms with Crippen LogP contribution in [0, 0.1) is 11.3 Å². The molecule has 6 heteroatoms. The van der Waals surface area contributed by atoms with Crippen LogP contribution in [0.4, 0.5) is 0 Å². The largest absolute Gasteiger partial charge is 0.365 e. The summed E-state index contributed by atoms with van der Waals surface area (Å²) in [6.45, 7) is 0.